The molecule has 94 valence electrons. The van der Waals surface area contributed by atoms with Crippen molar-refractivity contribution in [3.63, 3.8) is 0 Å². The maximum atomic E-state index is 11.7. The zero-order valence-electron chi connectivity index (χ0n) is 10.2. The summed E-state index contributed by atoms with van der Waals surface area (Å²) in [4.78, 5) is 11.7. The molecule has 1 aromatic rings. The molecule has 0 atom stereocenters. The maximum Gasteiger partial charge on any atom is 0.251 e. The fraction of sp³-hybridized carbons (Fsp3) is 0.462. The Hall–Kier alpha value is -1.55. The van der Waals surface area contributed by atoms with Crippen LogP contribution in [0.3, 0.4) is 0 Å². The van der Waals surface area contributed by atoms with E-state index in [0.717, 1.165) is 24.8 Å². The van der Waals surface area contributed by atoms with Gasteiger partial charge in [0, 0.05) is 24.4 Å². The van der Waals surface area contributed by atoms with Crippen LogP contribution in [0.2, 0.25) is 0 Å². The Balaban J connectivity index is 2.39. The second-order valence-electron chi connectivity index (χ2n) is 4.11. The number of aryl methyl sites for hydroxylation is 1. The van der Waals surface area contributed by atoms with E-state index in [1.807, 2.05) is 6.92 Å². The Labute approximate surface area is 102 Å². The molecular weight excluding hydrogens is 216 g/mol. The molecule has 0 saturated heterocycles. The molecule has 0 bridgehead atoms. The third-order valence-corrected chi connectivity index (χ3v) is 2.65. The number of unbranched alkanes of at least 4 members (excludes halogenated alkanes) is 2. The number of nitrogen functional groups attached to an aromatic ring is 1. The first kappa shape index (κ1) is 13.5. The van der Waals surface area contributed by atoms with E-state index in [0.29, 0.717) is 17.8 Å². The van der Waals surface area contributed by atoms with E-state index in [-0.39, 0.29) is 12.5 Å². The lowest BCUT2D eigenvalue weighted by atomic mass is 10.1. The standard InChI is InChI=1S/C13H20N2O2/c1-10-9-11(5-6-12(10)14)13(17)15-7-3-2-4-8-16/h5-6,9,16H,2-4,7-8,14H2,1H3,(H,15,17). The number of carbonyl (C=O) groups excluding carboxylic acids is 1. The average molecular weight is 236 g/mol. The summed E-state index contributed by atoms with van der Waals surface area (Å²) >= 11 is 0. The fourth-order valence-electron chi connectivity index (χ4n) is 1.53. The number of anilines is 1. The minimum atomic E-state index is -0.0721. The van der Waals surface area contributed by atoms with Crippen LogP contribution in [-0.2, 0) is 0 Å². The van der Waals surface area contributed by atoms with Gasteiger partial charge in [-0.2, -0.15) is 0 Å². The smallest absolute Gasteiger partial charge is 0.251 e. The lowest BCUT2D eigenvalue weighted by Gasteiger charge is -2.06. The highest BCUT2D eigenvalue weighted by Gasteiger charge is 2.05. The van der Waals surface area contributed by atoms with Gasteiger partial charge in [0.15, 0.2) is 0 Å². The van der Waals surface area contributed by atoms with Crippen molar-refractivity contribution in [2.75, 3.05) is 18.9 Å². The summed E-state index contributed by atoms with van der Waals surface area (Å²) in [5.74, 6) is -0.0721. The van der Waals surface area contributed by atoms with Crippen LogP contribution in [0.4, 0.5) is 5.69 Å². The number of hydrogen-bond acceptors (Lipinski definition) is 3. The van der Waals surface area contributed by atoms with E-state index < -0.39 is 0 Å². The summed E-state index contributed by atoms with van der Waals surface area (Å²) in [7, 11) is 0. The van der Waals surface area contributed by atoms with E-state index in [9.17, 15) is 4.79 Å². The van der Waals surface area contributed by atoms with Crippen LogP contribution >= 0.6 is 0 Å². The van der Waals surface area contributed by atoms with Crippen LogP contribution < -0.4 is 11.1 Å². The molecule has 1 aromatic carbocycles. The molecule has 1 amide bonds. The van der Waals surface area contributed by atoms with Crippen molar-refractivity contribution < 1.29 is 9.90 Å². The minimum absolute atomic E-state index is 0.0721. The molecule has 0 saturated carbocycles. The van der Waals surface area contributed by atoms with Gasteiger partial charge in [-0.25, -0.2) is 0 Å². The van der Waals surface area contributed by atoms with E-state index in [1.165, 1.54) is 0 Å². The highest BCUT2D eigenvalue weighted by Crippen LogP contribution is 2.12. The van der Waals surface area contributed by atoms with Gasteiger partial charge in [0.25, 0.3) is 5.91 Å². The molecule has 0 radical (unpaired) electrons. The predicted molar refractivity (Wildman–Crippen MR) is 68.9 cm³/mol. The Morgan fingerprint density at radius 2 is 2.12 bits per heavy atom. The minimum Gasteiger partial charge on any atom is -0.399 e. The van der Waals surface area contributed by atoms with Gasteiger partial charge in [0.1, 0.15) is 0 Å². The molecule has 0 aromatic heterocycles. The molecule has 4 heteroatoms. The van der Waals surface area contributed by atoms with Gasteiger partial charge in [-0.15, -0.1) is 0 Å². The topological polar surface area (TPSA) is 75.3 Å². The number of benzene rings is 1. The predicted octanol–water partition coefficient (Wildman–Crippen LogP) is 1.47. The summed E-state index contributed by atoms with van der Waals surface area (Å²) in [5.41, 5.74) is 7.94. The summed E-state index contributed by atoms with van der Waals surface area (Å²) in [5, 5.41) is 11.5. The Kier molecular flexibility index (Phi) is 5.49. The van der Waals surface area contributed by atoms with Crippen LogP contribution in [-0.4, -0.2) is 24.2 Å². The fourth-order valence-corrected chi connectivity index (χ4v) is 1.53. The molecule has 0 heterocycles. The van der Waals surface area contributed by atoms with Crippen molar-refractivity contribution >= 4 is 11.6 Å². The van der Waals surface area contributed by atoms with E-state index in [1.54, 1.807) is 18.2 Å². The monoisotopic (exact) mass is 236 g/mol. The van der Waals surface area contributed by atoms with Crippen molar-refractivity contribution in [2.24, 2.45) is 0 Å². The van der Waals surface area contributed by atoms with Crippen molar-refractivity contribution in [2.45, 2.75) is 26.2 Å². The summed E-state index contributed by atoms with van der Waals surface area (Å²) in [6.07, 6.45) is 2.61. The third-order valence-electron chi connectivity index (χ3n) is 2.65. The first-order valence-electron chi connectivity index (χ1n) is 5.90. The second kappa shape index (κ2) is 6.91. The van der Waals surface area contributed by atoms with Crippen LogP contribution in [0.25, 0.3) is 0 Å². The van der Waals surface area contributed by atoms with Crippen LogP contribution in [0.15, 0.2) is 18.2 Å². The molecule has 0 fully saturated rings. The molecule has 4 nitrogen and oxygen atoms in total. The van der Waals surface area contributed by atoms with Gasteiger partial charge in [-0.05, 0) is 49.9 Å². The molecular formula is C13H20N2O2. The third kappa shape index (κ3) is 4.44. The van der Waals surface area contributed by atoms with Crippen molar-refractivity contribution in [3.8, 4) is 0 Å². The first-order chi connectivity index (χ1) is 8.15. The van der Waals surface area contributed by atoms with Crippen LogP contribution in [0.1, 0.15) is 35.2 Å². The Morgan fingerprint density at radius 1 is 1.35 bits per heavy atom. The number of amides is 1. The zero-order valence-corrected chi connectivity index (χ0v) is 10.2. The van der Waals surface area contributed by atoms with Gasteiger partial charge in [0.2, 0.25) is 0 Å². The first-order valence-corrected chi connectivity index (χ1v) is 5.90. The molecule has 0 aliphatic carbocycles. The van der Waals surface area contributed by atoms with Crippen molar-refractivity contribution in [1.82, 2.24) is 5.32 Å². The average Bonchev–Trinajstić information content (AvgIpc) is 2.32. The van der Waals surface area contributed by atoms with Crippen molar-refractivity contribution in [3.05, 3.63) is 29.3 Å². The van der Waals surface area contributed by atoms with Gasteiger partial charge in [-0.1, -0.05) is 0 Å². The number of aliphatic hydroxyl groups is 1. The molecule has 0 aliphatic heterocycles. The largest absolute Gasteiger partial charge is 0.399 e. The molecule has 0 unspecified atom stereocenters. The highest BCUT2D eigenvalue weighted by molar-refractivity contribution is 5.94. The van der Waals surface area contributed by atoms with Gasteiger partial charge in [0.05, 0.1) is 0 Å². The van der Waals surface area contributed by atoms with Crippen LogP contribution in [0.5, 0.6) is 0 Å². The number of rotatable bonds is 6. The number of nitrogens with two attached hydrogens (primary N) is 1. The van der Waals surface area contributed by atoms with Crippen molar-refractivity contribution in [1.29, 1.82) is 0 Å². The lowest BCUT2D eigenvalue weighted by molar-refractivity contribution is 0.0953. The normalized spacial score (nSPS) is 10.2. The van der Waals surface area contributed by atoms with Gasteiger partial charge in [-0.3, -0.25) is 4.79 Å². The van der Waals surface area contributed by atoms with E-state index in [4.69, 9.17) is 10.8 Å². The maximum absolute atomic E-state index is 11.7. The SMILES string of the molecule is Cc1cc(C(=O)NCCCCCO)ccc1N. The number of hydrogen-bond donors (Lipinski definition) is 3. The number of carbonyl (C=O) groups is 1. The Bertz CT molecular complexity index is 378. The molecule has 0 spiro atoms. The highest BCUT2D eigenvalue weighted by atomic mass is 16.2. The number of aliphatic hydroxyl groups excluding tert-OH is 1. The summed E-state index contributed by atoms with van der Waals surface area (Å²) in [6, 6.07) is 5.26. The Morgan fingerprint density at radius 3 is 2.76 bits per heavy atom. The summed E-state index contributed by atoms with van der Waals surface area (Å²) < 4.78 is 0. The summed E-state index contributed by atoms with van der Waals surface area (Å²) in [6.45, 7) is 2.74. The molecule has 17 heavy (non-hydrogen) atoms. The lowest BCUT2D eigenvalue weighted by Crippen LogP contribution is -2.24. The van der Waals surface area contributed by atoms with E-state index >= 15 is 0 Å². The van der Waals surface area contributed by atoms with Gasteiger partial charge < -0.3 is 16.2 Å². The zero-order chi connectivity index (χ0) is 12.7. The quantitative estimate of drug-likeness (QED) is 0.517. The number of nitrogens with one attached hydrogen (secondary N) is 1. The van der Waals surface area contributed by atoms with Crippen LogP contribution in [0, 0.1) is 6.92 Å². The molecule has 1 rings (SSSR count). The molecule has 4 N–H and O–H groups in total. The molecule has 0 aliphatic rings. The second-order valence-corrected chi connectivity index (χ2v) is 4.11. The van der Waals surface area contributed by atoms with E-state index in [2.05, 4.69) is 5.32 Å². The van der Waals surface area contributed by atoms with Gasteiger partial charge >= 0.3 is 0 Å².